The molecule has 0 aliphatic rings. The van der Waals surface area contributed by atoms with Gasteiger partial charge in [-0.3, -0.25) is 0 Å². The van der Waals surface area contributed by atoms with Gasteiger partial charge < -0.3 is 9.88 Å². The summed E-state index contributed by atoms with van der Waals surface area (Å²) < 4.78 is 3.07. The van der Waals surface area contributed by atoms with E-state index in [2.05, 4.69) is 34.8 Å². The Morgan fingerprint density at radius 3 is 2.83 bits per heavy atom. The van der Waals surface area contributed by atoms with Gasteiger partial charge in [-0.25, -0.2) is 4.98 Å². The molecule has 0 amide bonds. The maximum absolute atomic E-state index is 5.96. The molecule has 98 valence electrons. The van der Waals surface area contributed by atoms with Crippen molar-refractivity contribution in [3.8, 4) is 0 Å². The van der Waals surface area contributed by atoms with E-state index in [0.29, 0.717) is 6.04 Å². The summed E-state index contributed by atoms with van der Waals surface area (Å²) in [5.74, 6) is 1.04. The van der Waals surface area contributed by atoms with Crippen LogP contribution in [0.2, 0.25) is 4.34 Å². The first-order chi connectivity index (χ1) is 8.56. The highest BCUT2D eigenvalue weighted by atomic mass is 35.5. The smallest absolute Gasteiger partial charge is 0.106 e. The van der Waals surface area contributed by atoms with Crippen LogP contribution in [0.25, 0.3) is 0 Å². The molecule has 1 N–H and O–H groups in total. The van der Waals surface area contributed by atoms with Gasteiger partial charge in [0.25, 0.3) is 0 Å². The van der Waals surface area contributed by atoms with E-state index in [1.165, 1.54) is 10.6 Å². The number of aryl methyl sites for hydroxylation is 1. The molecule has 2 rings (SSSR count). The minimum atomic E-state index is 0.477. The number of hydrogen-bond donors (Lipinski definition) is 1. The van der Waals surface area contributed by atoms with E-state index in [4.69, 9.17) is 11.6 Å². The number of halogens is 1. The number of aromatic nitrogens is 2. The van der Waals surface area contributed by atoms with Crippen molar-refractivity contribution in [1.82, 2.24) is 14.9 Å². The third kappa shape index (κ3) is 3.34. The second-order valence-electron chi connectivity index (χ2n) is 4.62. The van der Waals surface area contributed by atoms with Gasteiger partial charge in [0.05, 0.1) is 16.6 Å². The fraction of sp³-hybridized carbons (Fsp3) is 0.462. The van der Waals surface area contributed by atoms with E-state index in [0.717, 1.165) is 23.3 Å². The van der Waals surface area contributed by atoms with Crippen LogP contribution in [0.4, 0.5) is 0 Å². The number of imidazole rings is 1. The molecule has 5 heteroatoms. The number of hydrogen-bond acceptors (Lipinski definition) is 3. The van der Waals surface area contributed by atoms with Crippen LogP contribution in [0.5, 0.6) is 0 Å². The normalized spacial score (nSPS) is 11.4. The molecule has 0 unspecified atom stereocenters. The maximum Gasteiger partial charge on any atom is 0.106 e. The second-order valence-corrected chi connectivity index (χ2v) is 6.42. The van der Waals surface area contributed by atoms with Crippen molar-refractivity contribution < 1.29 is 0 Å². The largest absolute Gasteiger partial charge is 0.326 e. The molecule has 0 radical (unpaired) electrons. The first-order valence-electron chi connectivity index (χ1n) is 6.05. The quantitative estimate of drug-likeness (QED) is 0.911. The maximum atomic E-state index is 5.96. The van der Waals surface area contributed by atoms with Crippen LogP contribution in [0.3, 0.4) is 0 Å². The third-order valence-electron chi connectivity index (χ3n) is 2.77. The van der Waals surface area contributed by atoms with Crippen LogP contribution < -0.4 is 5.32 Å². The number of thiophene rings is 1. The van der Waals surface area contributed by atoms with Crippen molar-refractivity contribution in [3.05, 3.63) is 39.1 Å². The molecule has 0 bridgehead atoms. The third-order valence-corrected chi connectivity index (χ3v) is 3.99. The van der Waals surface area contributed by atoms with Crippen molar-refractivity contribution in [3.63, 3.8) is 0 Å². The molecule has 2 heterocycles. The van der Waals surface area contributed by atoms with Crippen molar-refractivity contribution in [2.45, 2.75) is 39.9 Å². The van der Waals surface area contributed by atoms with Gasteiger partial charge in [-0.2, -0.15) is 0 Å². The molecule has 2 aromatic rings. The summed E-state index contributed by atoms with van der Waals surface area (Å²) >= 11 is 7.59. The topological polar surface area (TPSA) is 29.9 Å². The molecule has 0 atom stereocenters. The van der Waals surface area contributed by atoms with Crippen molar-refractivity contribution in [1.29, 1.82) is 0 Å². The van der Waals surface area contributed by atoms with Gasteiger partial charge in [0, 0.05) is 23.7 Å². The first-order valence-corrected chi connectivity index (χ1v) is 7.24. The highest BCUT2D eigenvalue weighted by molar-refractivity contribution is 7.16. The van der Waals surface area contributed by atoms with Gasteiger partial charge in [0.15, 0.2) is 0 Å². The van der Waals surface area contributed by atoms with Gasteiger partial charge in [-0.05, 0) is 19.1 Å². The van der Waals surface area contributed by atoms with Crippen LogP contribution in [-0.4, -0.2) is 15.6 Å². The summed E-state index contributed by atoms with van der Waals surface area (Å²) in [6, 6.07) is 4.50. The van der Waals surface area contributed by atoms with Crippen molar-refractivity contribution in [2.75, 3.05) is 0 Å². The minimum absolute atomic E-state index is 0.477. The molecule has 0 aliphatic carbocycles. The van der Waals surface area contributed by atoms with Gasteiger partial charge in [0.1, 0.15) is 5.82 Å². The first kappa shape index (κ1) is 13.6. The highest BCUT2D eigenvalue weighted by Gasteiger charge is 2.08. The molecule has 0 saturated carbocycles. The Morgan fingerprint density at radius 2 is 2.22 bits per heavy atom. The summed E-state index contributed by atoms with van der Waals surface area (Å²) in [7, 11) is 0. The predicted molar refractivity (Wildman–Crippen MR) is 77.4 cm³/mol. The Labute approximate surface area is 117 Å². The van der Waals surface area contributed by atoms with Crippen LogP contribution in [0.1, 0.15) is 30.2 Å². The molecule has 18 heavy (non-hydrogen) atoms. The molecule has 2 aromatic heterocycles. The zero-order valence-electron chi connectivity index (χ0n) is 10.9. The van der Waals surface area contributed by atoms with Crippen LogP contribution in [0.15, 0.2) is 18.3 Å². The average Bonchev–Trinajstić information content (AvgIpc) is 2.85. The van der Waals surface area contributed by atoms with Gasteiger partial charge in [-0.15, -0.1) is 11.3 Å². The molecular formula is C13H18ClN3S. The minimum Gasteiger partial charge on any atom is -0.326 e. The lowest BCUT2D eigenvalue weighted by atomic mass is 10.3. The highest BCUT2D eigenvalue weighted by Crippen LogP contribution is 2.23. The zero-order chi connectivity index (χ0) is 13.1. The summed E-state index contributed by atoms with van der Waals surface area (Å²) in [6.45, 7) is 8.02. The second kappa shape index (κ2) is 5.87. The van der Waals surface area contributed by atoms with E-state index >= 15 is 0 Å². The Morgan fingerprint density at radius 1 is 1.44 bits per heavy atom. The van der Waals surface area contributed by atoms with Gasteiger partial charge >= 0.3 is 0 Å². The monoisotopic (exact) mass is 283 g/mol. The summed E-state index contributed by atoms with van der Waals surface area (Å²) in [4.78, 5) is 5.65. The Hall–Kier alpha value is -0.840. The summed E-state index contributed by atoms with van der Waals surface area (Å²) in [5, 5.41) is 3.42. The Kier molecular flexibility index (Phi) is 4.43. The molecule has 0 spiro atoms. The van der Waals surface area contributed by atoms with Crippen molar-refractivity contribution >= 4 is 22.9 Å². The van der Waals surface area contributed by atoms with Gasteiger partial charge in [-0.1, -0.05) is 25.4 Å². The molecule has 0 fully saturated rings. The molecule has 0 saturated heterocycles. The van der Waals surface area contributed by atoms with E-state index in [-0.39, 0.29) is 0 Å². The lowest BCUT2D eigenvalue weighted by molar-refractivity contribution is 0.562. The molecular weight excluding hydrogens is 266 g/mol. The van der Waals surface area contributed by atoms with E-state index in [1.54, 1.807) is 11.3 Å². The fourth-order valence-electron chi connectivity index (χ4n) is 1.77. The number of nitrogens with zero attached hydrogens (tertiary/aromatic N) is 2. The fourth-order valence-corrected chi connectivity index (χ4v) is 2.85. The van der Waals surface area contributed by atoms with Gasteiger partial charge in [0.2, 0.25) is 0 Å². The SMILES string of the molecule is Cc1ncc(CNC(C)C)n1Cc1ccc(Cl)s1. The molecule has 0 aromatic carbocycles. The lowest BCUT2D eigenvalue weighted by Gasteiger charge is -2.11. The van der Waals surface area contributed by atoms with E-state index in [1.807, 2.05) is 19.2 Å². The number of rotatable bonds is 5. The average molecular weight is 284 g/mol. The predicted octanol–water partition coefficient (Wildman–Crippen LogP) is 3.45. The van der Waals surface area contributed by atoms with Crippen LogP contribution in [-0.2, 0) is 13.1 Å². The Bertz CT molecular complexity index is 516. The molecule has 3 nitrogen and oxygen atoms in total. The standard InChI is InChI=1S/C13H18ClN3S/c1-9(2)15-6-11-7-16-10(3)17(11)8-12-4-5-13(14)18-12/h4-5,7,9,15H,6,8H2,1-3H3. The lowest BCUT2D eigenvalue weighted by Crippen LogP contribution is -2.23. The van der Waals surface area contributed by atoms with E-state index < -0.39 is 0 Å². The number of nitrogens with one attached hydrogen (secondary N) is 1. The Balaban J connectivity index is 2.13. The molecule has 0 aliphatic heterocycles. The zero-order valence-corrected chi connectivity index (χ0v) is 12.5. The van der Waals surface area contributed by atoms with Crippen LogP contribution in [0, 0.1) is 6.92 Å². The van der Waals surface area contributed by atoms with Crippen molar-refractivity contribution in [2.24, 2.45) is 0 Å². The van der Waals surface area contributed by atoms with Crippen LogP contribution >= 0.6 is 22.9 Å². The summed E-state index contributed by atoms with van der Waals surface area (Å²) in [6.07, 6.45) is 1.94. The van der Waals surface area contributed by atoms with E-state index in [9.17, 15) is 0 Å². The summed E-state index contributed by atoms with van der Waals surface area (Å²) in [5.41, 5.74) is 1.21.